The molecular formula is C10H16N4O3S. The second-order valence-corrected chi connectivity index (χ2v) is 6.21. The van der Waals surface area contributed by atoms with Gasteiger partial charge in [0.25, 0.3) is 5.91 Å². The van der Waals surface area contributed by atoms with Gasteiger partial charge in [0.1, 0.15) is 15.7 Å². The summed E-state index contributed by atoms with van der Waals surface area (Å²) in [6.45, 7) is 1.73. The van der Waals surface area contributed by atoms with Crippen molar-refractivity contribution < 1.29 is 13.2 Å². The summed E-state index contributed by atoms with van der Waals surface area (Å²) in [7, 11) is -1.54. The van der Waals surface area contributed by atoms with Crippen molar-refractivity contribution in [3.05, 3.63) is 17.8 Å². The van der Waals surface area contributed by atoms with Gasteiger partial charge in [0.05, 0.1) is 5.75 Å². The van der Waals surface area contributed by atoms with Crippen LogP contribution in [-0.4, -0.2) is 49.6 Å². The number of carbonyl (C=O) groups is 1. The SMILES string of the molecule is CNC(=O)c1ccc(NC(C)CS(C)(=O)=O)nn1. The molecule has 1 aromatic rings. The molecule has 0 aliphatic rings. The smallest absolute Gasteiger partial charge is 0.271 e. The minimum absolute atomic E-state index is 0.00583. The predicted molar refractivity (Wildman–Crippen MR) is 68.2 cm³/mol. The van der Waals surface area contributed by atoms with Crippen LogP contribution in [0.2, 0.25) is 0 Å². The average molecular weight is 272 g/mol. The van der Waals surface area contributed by atoms with Crippen LogP contribution < -0.4 is 10.6 Å². The van der Waals surface area contributed by atoms with Crippen LogP contribution >= 0.6 is 0 Å². The number of nitrogens with zero attached hydrogens (tertiary/aromatic N) is 2. The zero-order chi connectivity index (χ0) is 13.8. The van der Waals surface area contributed by atoms with Crippen molar-refractivity contribution >= 4 is 21.6 Å². The van der Waals surface area contributed by atoms with Crippen LogP contribution in [0.5, 0.6) is 0 Å². The highest BCUT2D eigenvalue weighted by atomic mass is 32.2. The topological polar surface area (TPSA) is 101 Å². The van der Waals surface area contributed by atoms with Crippen molar-refractivity contribution in [2.45, 2.75) is 13.0 Å². The molecule has 0 radical (unpaired) electrons. The highest BCUT2D eigenvalue weighted by molar-refractivity contribution is 7.90. The van der Waals surface area contributed by atoms with E-state index in [0.717, 1.165) is 0 Å². The molecule has 7 nitrogen and oxygen atoms in total. The Morgan fingerprint density at radius 2 is 2.06 bits per heavy atom. The van der Waals surface area contributed by atoms with Crippen LogP contribution in [0.3, 0.4) is 0 Å². The van der Waals surface area contributed by atoms with Gasteiger partial charge in [0.2, 0.25) is 0 Å². The summed E-state index contributed by atoms with van der Waals surface area (Å²) < 4.78 is 22.2. The number of rotatable bonds is 5. The molecule has 0 aliphatic carbocycles. The van der Waals surface area contributed by atoms with Gasteiger partial charge in [-0.2, -0.15) is 0 Å². The Morgan fingerprint density at radius 3 is 2.50 bits per heavy atom. The Balaban J connectivity index is 2.66. The summed E-state index contributed by atoms with van der Waals surface area (Å²) in [5.41, 5.74) is 0.207. The minimum Gasteiger partial charge on any atom is -0.365 e. The van der Waals surface area contributed by atoms with Crippen LogP contribution in [0.15, 0.2) is 12.1 Å². The monoisotopic (exact) mass is 272 g/mol. The standard InChI is InChI=1S/C10H16N4O3S/c1-7(6-18(3,16)17)12-9-5-4-8(13-14-9)10(15)11-2/h4-5,7H,6H2,1-3H3,(H,11,15)(H,12,14). The lowest BCUT2D eigenvalue weighted by Gasteiger charge is -2.12. The number of anilines is 1. The zero-order valence-corrected chi connectivity index (χ0v) is 11.3. The van der Waals surface area contributed by atoms with Gasteiger partial charge in [-0.05, 0) is 19.1 Å². The van der Waals surface area contributed by atoms with Gasteiger partial charge >= 0.3 is 0 Å². The van der Waals surface area contributed by atoms with E-state index in [1.807, 2.05) is 0 Å². The second kappa shape index (κ2) is 5.76. The zero-order valence-electron chi connectivity index (χ0n) is 10.5. The third-order valence-electron chi connectivity index (χ3n) is 2.07. The number of hydrogen-bond acceptors (Lipinski definition) is 6. The van der Waals surface area contributed by atoms with E-state index in [0.29, 0.717) is 5.82 Å². The molecule has 1 atom stereocenters. The lowest BCUT2D eigenvalue weighted by Crippen LogP contribution is -2.26. The molecule has 1 rings (SSSR count). The third kappa shape index (κ3) is 4.66. The van der Waals surface area contributed by atoms with Gasteiger partial charge in [-0.15, -0.1) is 10.2 Å². The second-order valence-electron chi connectivity index (χ2n) is 4.02. The van der Waals surface area contributed by atoms with E-state index in [2.05, 4.69) is 20.8 Å². The fourth-order valence-electron chi connectivity index (χ4n) is 1.41. The molecule has 0 spiro atoms. The minimum atomic E-state index is -3.04. The maximum atomic E-state index is 11.2. The first-order chi connectivity index (χ1) is 8.31. The van der Waals surface area contributed by atoms with Crippen molar-refractivity contribution in [3.63, 3.8) is 0 Å². The van der Waals surface area contributed by atoms with Crippen molar-refractivity contribution in [2.75, 3.05) is 24.4 Å². The summed E-state index contributed by atoms with van der Waals surface area (Å²) in [4.78, 5) is 11.2. The molecule has 8 heteroatoms. The normalized spacial score (nSPS) is 12.8. The van der Waals surface area contributed by atoms with Crippen molar-refractivity contribution in [3.8, 4) is 0 Å². The van der Waals surface area contributed by atoms with Crippen LogP contribution in [0.4, 0.5) is 5.82 Å². The van der Waals surface area contributed by atoms with E-state index in [-0.39, 0.29) is 23.4 Å². The van der Waals surface area contributed by atoms with Gasteiger partial charge in [0.15, 0.2) is 5.69 Å². The molecule has 100 valence electrons. The van der Waals surface area contributed by atoms with Crippen LogP contribution in [0.25, 0.3) is 0 Å². The molecule has 0 saturated heterocycles. The number of nitrogens with one attached hydrogen (secondary N) is 2. The summed E-state index contributed by atoms with van der Waals surface area (Å²) in [5.74, 6) is 0.114. The Morgan fingerprint density at radius 1 is 1.39 bits per heavy atom. The molecule has 0 saturated carbocycles. The number of sulfone groups is 1. The maximum Gasteiger partial charge on any atom is 0.271 e. The largest absolute Gasteiger partial charge is 0.365 e. The van der Waals surface area contributed by atoms with E-state index >= 15 is 0 Å². The fourth-order valence-corrected chi connectivity index (χ4v) is 2.40. The van der Waals surface area contributed by atoms with Crippen molar-refractivity contribution in [2.24, 2.45) is 0 Å². The van der Waals surface area contributed by atoms with Gasteiger partial charge < -0.3 is 10.6 Å². The van der Waals surface area contributed by atoms with Crippen molar-refractivity contribution in [1.82, 2.24) is 15.5 Å². The molecule has 1 heterocycles. The Hall–Kier alpha value is -1.70. The molecule has 0 aromatic carbocycles. The molecule has 1 aromatic heterocycles. The third-order valence-corrected chi connectivity index (χ3v) is 3.18. The summed E-state index contributed by atoms with van der Waals surface area (Å²) in [6, 6.07) is 2.82. The lowest BCUT2D eigenvalue weighted by molar-refractivity contribution is 0.0957. The van der Waals surface area contributed by atoms with E-state index in [9.17, 15) is 13.2 Å². The first-order valence-corrected chi connectivity index (χ1v) is 7.38. The number of carbonyl (C=O) groups excluding carboxylic acids is 1. The Bertz CT molecular complexity index is 512. The highest BCUT2D eigenvalue weighted by Crippen LogP contribution is 2.05. The molecule has 18 heavy (non-hydrogen) atoms. The maximum absolute atomic E-state index is 11.2. The average Bonchev–Trinajstić information content (AvgIpc) is 2.26. The van der Waals surface area contributed by atoms with Gasteiger partial charge in [-0.3, -0.25) is 4.79 Å². The quantitative estimate of drug-likeness (QED) is 0.762. The van der Waals surface area contributed by atoms with Crippen molar-refractivity contribution in [1.29, 1.82) is 0 Å². The lowest BCUT2D eigenvalue weighted by atomic mass is 10.3. The number of aromatic nitrogens is 2. The molecule has 1 amide bonds. The van der Waals surface area contributed by atoms with Crippen LogP contribution in [-0.2, 0) is 9.84 Å². The molecule has 2 N–H and O–H groups in total. The molecule has 0 bridgehead atoms. The first-order valence-electron chi connectivity index (χ1n) is 5.32. The van der Waals surface area contributed by atoms with E-state index < -0.39 is 9.84 Å². The molecule has 0 fully saturated rings. The molecule has 1 unspecified atom stereocenters. The van der Waals surface area contributed by atoms with Gasteiger partial charge in [-0.25, -0.2) is 8.42 Å². The van der Waals surface area contributed by atoms with E-state index in [4.69, 9.17) is 0 Å². The predicted octanol–water partition coefficient (Wildman–Crippen LogP) is -0.319. The molecule has 0 aliphatic heterocycles. The van der Waals surface area contributed by atoms with Crippen LogP contribution in [0.1, 0.15) is 17.4 Å². The summed E-state index contributed by atoms with van der Waals surface area (Å²) >= 11 is 0. The van der Waals surface area contributed by atoms with Gasteiger partial charge in [-0.1, -0.05) is 0 Å². The first kappa shape index (κ1) is 14.4. The van der Waals surface area contributed by atoms with Gasteiger partial charge in [0, 0.05) is 19.3 Å². The number of amides is 1. The summed E-state index contributed by atoms with van der Waals surface area (Å²) in [6.07, 6.45) is 1.17. The molecular weight excluding hydrogens is 256 g/mol. The number of hydrogen-bond donors (Lipinski definition) is 2. The summed E-state index contributed by atoms with van der Waals surface area (Å²) in [5, 5.41) is 12.9. The Kier molecular flexibility index (Phi) is 4.60. The van der Waals surface area contributed by atoms with E-state index in [1.54, 1.807) is 13.0 Å². The van der Waals surface area contributed by atoms with Crippen LogP contribution in [0, 0.1) is 0 Å². The fraction of sp³-hybridized carbons (Fsp3) is 0.500. The van der Waals surface area contributed by atoms with E-state index in [1.165, 1.54) is 19.4 Å². The Labute approximate surface area is 106 Å². The highest BCUT2D eigenvalue weighted by Gasteiger charge is 2.11.